The lowest BCUT2D eigenvalue weighted by molar-refractivity contribution is -0.137. The molecule has 0 radical (unpaired) electrons. The first kappa shape index (κ1) is 15.8. The summed E-state index contributed by atoms with van der Waals surface area (Å²) in [5.41, 5.74) is -0.523. The van der Waals surface area contributed by atoms with Gasteiger partial charge in [0.2, 0.25) is 5.91 Å². The largest absolute Gasteiger partial charge is 0.416 e. The number of carbonyl (C=O) groups is 1. The number of halogens is 3. The maximum Gasteiger partial charge on any atom is 0.416 e. The second-order valence-corrected chi connectivity index (χ2v) is 7.29. The van der Waals surface area contributed by atoms with Gasteiger partial charge in [-0.1, -0.05) is 0 Å². The zero-order valence-electron chi connectivity index (χ0n) is 11.0. The van der Waals surface area contributed by atoms with Crippen molar-refractivity contribution in [2.45, 2.75) is 19.0 Å². The van der Waals surface area contributed by atoms with E-state index in [0.29, 0.717) is 0 Å². The van der Waals surface area contributed by atoms with Crippen LogP contribution in [0, 0.1) is 5.92 Å². The summed E-state index contributed by atoms with van der Waals surface area (Å²) in [5, 5.41) is 2.52. The van der Waals surface area contributed by atoms with E-state index < -0.39 is 27.5 Å². The Balaban J connectivity index is 1.97. The highest BCUT2D eigenvalue weighted by atomic mass is 32.2. The lowest BCUT2D eigenvalue weighted by atomic mass is 10.0. The predicted octanol–water partition coefficient (Wildman–Crippen LogP) is 2.47. The maximum absolute atomic E-state index is 12.4. The fourth-order valence-corrected chi connectivity index (χ4v) is 3.63. The van der Waals surface area contributed by atoms with Crippen LogP contribution in [0.3, 0.4) is 0 Å². The molecule has 1 N–H and O–H groups in total. The van der Waals surface area contributed by atoms with Crippen molar-refractivity contribution in [3.63, 3.8) is 0 Å². The number of nitrogens with one attached hydrogen (secondary N) is 1. The van der Waals surface area contributed by atoms with E-state index in [1.165, 1.54) is 12.1 Å². The fraction of sp³-hybridized carbons (Fsp3) is 0.462. The van der Waals surface area contributed by atoms with E-state index in [4.69, 9.17) is 0 Å². The number of hydrogen-bond acceptors (Lipinski definition) is 3. The third kappa shape index (κ3) is 4.20. The summed E-state index contributed by atoms with van der Waals surface area (Å²) >= 11 is 0. The van der Waals surface area contributed by atoms with Gasteiger partial charge in [-0.25, -0.2) is 8.42 Å². The highest BCUT2D eigenvalue weighted by Gasteiger charge is 2.31. The number of sulfone groups is 1. The summed E-state index contributed by atoms with van der Waals surface area (Å²) in [6.07, 6.45) is -3.93. The molecule has 1 amide bonds. The molecule has 0 saturated carbocycles. The number of carbonyl (C=O) groups excluding carboxylic acids is 1. The van der Waals surface area contributed by atoms with Gasteiger partial charge < -0.3 is 5.32 Å². The van der Waals surface area contributed by atoms with Crippen molar-refractivity contribution < 1.29 is 26.4 Å². The Bertz CT molecular complexity index is 609. The van der Waals surface area contributed by atoms with Crippen molar-refractivity contribution in [2.75, 3.05) is 16.8 Å². The van der Waals surface area contributed by atoms with Gasteiger partial charge in [-0.3, -0.25) is 4.79 Å². The lowest BCUT2D eigenvalue weighted by Gasteiger charge is -2.21. The number of anilines is 1. The predicted molar refractivity (Wildman–Crippen MR) is 71.5 cm³/mol. The molecule has 116 valence electrons. The molecule has 0 aliphatic carbocycles. The van der Waals surface area contributed by atoms with Crippen molar-refractivity contribution in [2.24, 2.45) is 5.92 Å². The van der Waals surface area contributed by atoms with Gasteiger partial charge in [0, 0.05) is 11.6 Å². The SMILES string of the molecule is O=C(Nc1ccc(C(F)(F)F)cc1)C1CCS(=O)(=O)CC1. The molecule has 1 aromatic carbocycles. The molecule has 0 aromatic heterocycles. The average molecular weight is 321 g/mol. The van der Waals surface area contributed by atoms with Crippen molar-refractivity contribution in [3.8, 4) is 0 Å². The molecule has 1 aliphatic heterocycles. The Morgan fingerprint density at radius 2 is 1.62 bits per heavy atom. The number of alkyl halides is 3. The van der Waals surface area contributed by atoms with E-state index in [0.717, 1.165) is 12.1 Å². The molecule has 1 aliphatic rings. The molecular weight excluding hydrogens is 307 g/mol. The van der Waals surface area contributed by atoms with Gasteiger partial charge >= 0.3 is 6.18 Å². The van der Waals surface area contributed by atoms with Gasteiger partial charge in [0.15, 0.2) is 0 Å². The van der Waals surface area contributed by atoms with Crippen LogP contribution < -0.4 is 5.32 Å². The van der Waals surface area contributed by atoms with E-state index in [1.54, 1.807) is 0 Å². The van der Waals surface area contributed by atoms with Crippen molar-refractivity contribution in [1.82, 2.24) is 0 Å². The summed E-state index contributed by atoms with van der Waals surface area (Å²) in [6.45, 7) is 0. The van der Waals surface area contributed by atoms with Gasteiger partial charge in [0.25, 0.3) is 0 Å². The average Bonchev–Trinajstić information content (AvgIpc) is 2.38. The molecule has 21 heavy (non-hydrogen) atoms. The molecule has 0 bridgehead atoms. The first-order valence-corrected chi connectivity index (χ1v) is 8.18. The van der Waals surface area contributed by atoms with Crippen LogP contribution in [0.1, 0.15) is 18.4 Å². The van der Waals surface area contributed by atoms with E-state index in [2.05, 4.69) is 5.32 Å². The van der Waals surface area contributed by atoms with E-state index in [-0.39, 0.29) is 35.9 Å². The standard InChI is InChI=1S/C13H14F3NO3S/c14-13(15,16)10-1-3-11(4-2-10)17-12(18)9-5-7-21(19,20)8-6-9/h1-4,9H,5-8H2,(H,17,18). The van der Waals surface area contributed by atoms with Crippen LogP contribution in [-0.2, 0) is 20.8 Å². The highest BCUT2D eigenvalue weighted by Crippen LogP contribution is 2.30. The zero-order chi connectivity index (χ0) is 15.7. The van der Waals surface area contributed by atoms with Crippen molar-refractivity contribution in [1.29, 1.82) is 0 Å². The quantitative estimate of drug-likeness (QED) is 0.910. The minimum absolute atomic E-state index is 0.0297. The van der Waals surface area contributed by atoms with Crippen LogP contribution in [0.5, 0.6) is 0 Å². The molecule has 0 spiro atoms. The number of rotatable bonds is 2. The van der Waals surface area contributed by atoms with Gasteiger partial charge in [0.05, 0.1) is 17.1 Å². The summed E-state index contributed by atoms with van der Waals surface area (Å²) < 4.78 is 59.7. The Labute approximate surface area is 120 Å². The summed E-state index contributed by atoms with van der Waals surface area (Å²) in [5.74, 6) is -0.837. The Morgan fingerprint density at radius 1 is 1.10 bits per heavy atom. The van der Waals surface area contributed by atoms with E-state index in [1.807, 2.05) is 0 Å². The first-order valence-electron chi connectivity index (χ1n) is 6.36. The topological polar surface area (TPSA) is 63.2 Å². The molecule has 0 unspecified atom stereocenters. The summed E-state index contributed by atoms with van der Waals surface area (Å²) in [6, 6.07) is 4.14. The monoisotopic (exact) mass is 321 g/mol. The smallest absolute Gasteiger partial charge is 0.326 e. The normalized spacial score (nSPS) is 19.2. The summed E-state index contributed by atoms with van der Waals surface area (Å²) in [4.78, 5) is 11.9. The van der Waals surface area contributed by atoms with Crippen LogP contribution in [0.4, 0.5) is 18.9 Å². The molecule has 1 fully saturated rings. The minimum Gasteiger partial charge on any atom is -0.326 e. The molecule has 4 nitrogen and oxygen atoms in total. The van der Waals surface area contributed by atoms with Crippen LogP contribution in [-0.4, -0.2) is 25.8 Å². The van der Waals surface area contributed by atoms with Gasteiger partial charge in [-0.15, -0.1) is 0 Å². The Kier molecular flexibility index (Phi) is 4.27. The number of hydrogen-bond donors (Lipinski definition) is 1. The first-order chi connectivity index (χ1) is 9.67. The molecule has 0 atom stereocenters. The zero-order valence-corrected chi connectivity index (χ0v) is 11.8. The lowest BCUT2D eigenvalue weighted by Crippen LogP contribution is -2.31. The molecular formula is C13H14F3NO3S. The Hall–Kier alpha value is -1.57. The third-order valence-electron chi connectivity index (χ3n) is 3.41. The number of amides is 1. The van der Waals surface area contributed by atoms with Crippen molar-refractivity contribution in [3.05, 3.63) is 29.8 Å². The molecule has 1 heterocycles. The maximum atomic E-state index is 12.4. The van der Waals surface area contributed by atoms with E-state index in [9.17, 15) is 26.4 Å². The van der Waals surface area contributed by atoms with Crippen LogP contribution in [0.25, 0.3) is 0 Å². The molecule has 2 rings (SSSR count). The molecule has 1 saturated heterocycles. The Morgan fingerprint density at radius 3 is 2.10 bits per heavy atom. The van der Waals surface area contributed by atoms with Gasteiger partial charge in [-0.2, -0.15) is 13.2 Å². The van der Waals surface area contributed by atoms with Crippen LogP contribution >= 0.6 is 0 Å². The third-order valence-corrected chi connectivity index (χ3v) is 5.12. The second-order valence-electron chi connectivity index (χ2n) is 4.99. The van der Waals surface area contributed by atoms with E-state index >= 15 is 0 Å². The number of benzene rings is 1. The van der Waals surface area contributed by atoms with Crippen LogP contribution in [0.15, 0.2) is 24.3 Å². The van der Waals surface area contributed by atoms with Gasteiger partial charge in [-0.05, 0) is 37.1 Å². The second kappa shape index (κ2) is 5.67. The van der Waals surface area contributed by atoms with Crippen LogP contribution in [0.2, 0.25) is 0 Å². The highest BCUT2D eigenvalue weighted by molar-refractivity contribution is 7.91. The van der Waals surface area contributed by atoms with Crippen molar-refractivity contribution >= 4 is 21.4 Å². The molecule has 8 heteroatoms. The van der Waals surface area contributed by atoms with Gasteiger partial charge in [0.1, 0.15) is 9.84 Å². The molecule has 1 aromatic rings. The fourth-order valence-electron chi connectivity index (χ4n) is 2.14. The summed E-state index contributed by atoms with van der Waals surface area (Å²) in [7, 11) is -3.05. The minimum atomic E-state index is -4.42.